The molecule has 2 N–H and O–H groups in total. The van der Waals surface area contributed by atoms with Gasteiger partial charge in [-0.15, -0.1) is 0 Å². The average molecular weight is 447 g/mol. The topological polar surface area (TPSA) is 49.3 Å². The summed E-state index contributed by atoms with van der Waals surface area (Å²) in [6.07, 6.45) is 5.51. The highest BCUT2D eigenvalue weighted by Crippen LogP contribution is 2.32. The largest absolute Gasteiger partial charge is 0.344 e. The van der Waals surface area contributed by atoms with Crippen LogP contribution in [-0.2, 0) is 0 Å². The molecule has 3 aromatic rings. The number of fused-ring (bicyclic) bond motifs is 1. The van der Waals surface area contributed by atoms with Crippen molar-refractivity contribution in [3.05, 3.63) is 101 Å². The highest BCUT2D eigenvalue weighted by molar-refractivity contribution is 6.31. The van der Waals surface area contributed by atoms with Crippen molar-refractivity contribution in [1.82, 2.24) is 10.3 Å². The Balaban J connectivity index is 0.000000523. The molecule has 2 heterocycles. The van der Waals surface area contributed by atoms with E-state index < -0.39 is 0 Å². The summed E-state index contributed by atoms with van der Waals surface area (Å²) in [4.78, 5) is 9.33. The lowest BCUT2D eigenvalue weighted by Gasteiger charge is -2.26. The van der Waals surface area contributed by atoms with Crippen LogP contribution in [0.1, 0.15) is 61.5 Å². The van der Waals surface area contributed by atoms with Gasteiger partial charge < -0.3 is 10.6 Å². The molecule has 0 saturated carbocycles. The maximum absolute atomic E-state index is 6.39. The number of anilines is 1. The van der Waals surface area contributed by atoms with E-state index in [1.165, 1.54) is 19.3 Å². The molecule has 166 valence electrons. The molecule has 0 saturated heterocycles. The lowest BCUT2D eigenvalue weighted by Crippen LogP contribution is -2.30. The minimum absolute atomic E-state index is 0.326. The van der Waals surface area contributed by atoms with Crippen LogP contribution >= 0.6 is 11.6 Å². The van der Waals surface area contributed by atoms with Crippen molar-refractivity contribution in [1.29, 1.82) is 0 Å². The monoisotopic (exact) mass is 446 g/mol. The zero-order chi connectivity index (χ0) is 22.9. The van der Waals surface area contributed by atoms with Gasteiger partial charge in [-0.2, -0.15) is 0 Å². The van der Waals surface area contributed by atoms with Crippen LogP contribution < -0.4 is 10.6 Å². The lowest BCUT2D eigenvalue weighted by molar-refractivity contribution is 0.772. The Bertz CT molecular complexity index is 1090. The van der Waals surface area contributed by atoms with E-state index in [0.717, 1.165) is 39.6 Å². The van der Waals surface area contributed by atoms with Crippen LogP contribution in [0.15, 0.2) is 78.4 Å². The molecular weight excluding hydrogens is 416 g/mol. The Morgan fingerprint density at radius 1 is 1.03 bits per heavy atom. The minimum atomic E-state index is -0.326. The first-order valence-corrected chi connectivity index (χ1v) is 11.5. The van der Waals surface area contributed by atoms with Crippen molar-refractivity contribution in [2.24, 2.45) is 4.99 Å². The summed E-state index contributed by atoms with van der Waals surface area (Å²) in [5.74, 6) is 1.48. The normalized spacial score (nSPS) is 14.2. The molecule has 1 aliphatic heterocycles. The quantitative estimate of drug-likeness (QED) is 0.430. The predicted octanol–water partition coefficient (Wildman–Crippen LogP) is 7.37. The molecule has 0 amide bonds. The fourth-order valence-electron chi connectivity index (χ4n) is 3.49. The van der Waals surface area contributed by atoms with Crippen molar-refractivity contribution in [3.8, 4) is 0 Å². The van der Waals surface area contributed by atoms with E-state index in [4.69, 9.17) is 16.6 Å². The molecule has 0 fully saturated rings. The van der Waals surface area contributed by atoms with Gasteiger partial charge in [-0.1, -0.05) is 93.8 Å². The maximum atomic E-state index is 6.39. The van der Waals surface area contributed by atoms with Crippen LogP contribution in [-0.4, -0.2) is 10.8 Å². The van der Waals surface area contributed by atoms with Gasteiger partial charge in [0.15, 0.2) is 0 Å². The van der Waals surface area contributed by atoms with Crippen molar-refractivity contribution in [3.63, 3.8) is 0 Å². The van der Waals surface area contributed by atoms with Gasteiger partial charge in [0.2, 0.25) is 0 Å². The summed E-state index contributed by atoms with van der Waals surface area (Å²) in [6, 6.07) is 19.7. The number of aryl methyl sites for hydroxylation is 1. The number of aromatic nitrogens is 1. The van der Waals surface area contributed by atoms with Gasteiger partial charge in [-0.05, 0) is 30.7 Å². The molecule has 0 bridgehead atoms. The number of unbranched alkanes of at least 4 members (excludes halogenated alkanes) is 2. The molecule has 0 spiro atoms. The minimum Gasteiger partial charge on any atom is -0.344 e. The molecule has 0 aliphatic carbocycles. The Hall–Kier alpha value is -3.11. The van der Waals surface area contributed by atoms with Gasteiger partial charge in [-0.25, -0.2) is 9.98 Å². The first-order chi connectivity index (χ1) is 15.5. The highest BCUT2D eigenvalue weighted by atomic mass is 35.5. The number of pyridine rings is 1. The lowest BCUT2D eigenvalue weighted by atomic mass is 10.1. The third-order valence-electron chi connectivity index (χ3n) is 5.24. The number of halogens is 1. The summed E-state index contributed by atoms with van der Waals surface area (Å²) in [5.41, 5.74) is 4.80. The SMILES string of the molecule is C=C(NC1=NC(c2ccccc2Cl)Nc2ncccc21)c1ccccc1C.CCCCC. The molecule has 1 unspecified atom stereocenters. The van der Waals surface area contributed by atoms with E-state index in [9.17, 15) is 0 Å². The van der Waals surface area contributed by atoms with Crippen LogP contribution in [0.3, 0.4) is 0 Å². The van der Waals surface area contributed by atoms with Gasteiger partial charge >= 0.3 is 0 Å². The summed E-state index contributed by atoms with van der Waals surface area (Å²) >= 11 is 6.39. The number of amidine groups is 1. The smallest absolute Gasteiger partial charge is 0.149 e. The Kier molecular flexibility index (Phi) is 8.46. The van der Waals surface area contributed by atoms with E-state index in [0.29, 0.717) is 5.02 Å². The number of benzene rings is 2. The molecule has 5 heteroatoms. The molecule has 0 radical (unpaired) electrons. The number of rotatable bonds is 5. The van der Waals surface area contributed by atoms with E-state index >= 15 is 0 Å². The zero-order valence-electron chi connectivity index (χ0n) is 19.0. The van der Waals surface area contributed by atoms with Gasteiger partial charge in [0, 0.05) is 28.0 Å². The summed E-state index contributed by atoms with van der Waals surface area (Å²) in [5, 5.41) is 7.40. The van der Waals surface area contributed by atoms with Gasteiger partial charge in [0.25, 0.3) is 0 Å². The molecule has 1 aliphatic rings. The van der Waals surface area contributed by atoms with Gasteiger partial charge in [0.1, 0.15) is 17.8 Å². The Morgan fingerprint density at radius 3 is 2.44 bits per heavy atom. The molecule has 4 rings (SSSR count). The number of hydrogen-bond donors (Lipinski definition) is 2. The van der Waals surface area contributed by atoms with E-state index in [2.05, 4.69) is 49.0 Å². The van der Waals surface area contributed by atoms with E-state index in [1.54, 1.807) is 6.20 Å². The second-order valence-corrected chi connectivity index (χ2v) is 8.12. The zero-order valence-corrected chi connectivity index (χ0v) is 19.8. The van der Waals surface area contributed by atoms with Crippen LogP contribution in [0.2, 0.25) is 5.02 Å². The molecule has 4 nitrogen and oxygen atoms in total. The molecule has 32 heavy (non-hydrogen) atoms. The van der Waals surface area contributed by atoms with Gasteiger partial charge in [0.05, 0.1) is 5.56 Å². The second-order valence-electron chi connectivity index (χ2n) is 7.72. The van der Waals surface area contributed by atoms with Crippen molar-refractivity contribution >= 4 is 29.0 Å². The van der Waals surface area contributed by atoms with Crippen LogP contribution in [0.4, 0.5) is 5.82 Å². The first kappa shape index (κ1) is 23.6. The standard InChI is InChI=1S/C22H19ClN4.C5H12/c1-14-8-3-4-9-16(14)15(2)25-22-18-11-7-13-24-20(18)26-21(27-22)17-10-5-6-12-19(17)23;1-3-5-4-2/h3-13,21H,2H2,1H3,(H,24,26)(H,25,27);3-5H2,1-2H3. The molecule has 1 aromatic heterocycles. The first-order valence-electron chi connectivity index (χ1n) is 11.1. The molecule has 2 aromatic carbocycles. The van der Waals surface area contributed by atoms with Crippen molar-refractivity contribution in [2.75, 3.05) is 5.32 Å². The molecule has 1 atom stereocenters. The van der Waals surface area contributed by atoms with E-state index in [1.807, 2.05) is 54.6 Å². The number of nitrogens with zero attached hydrogens (tertiary/aromatic N) is 2. The number of nitrogens with one attached hydrogen (secondary N) is 2. The van der Waals surface area contributed by atoms with Crippen LogP contribution in [0.5, 0.6) is 0 Å². The van der Waals surface area contributed by atoms with E-state index in [-0.39, 0.29) is 6.17 Å². The predicted molar refractivity (Wildman–Crippen MR) is 137 cm³/mol. The third kappa shape index (κ3) is 5.77. The fraction of sp³-hybridized carbons (Fsp3) is 0.259. The fourth-order valence-corrected chi connectivity index (χ4v) is 3.73. The number of aliphatic imine (C=N–C) groups is 1. The van der Waals surface area contributed by atoms with Crippen molar-refractivity contribution < 1.29 is 0 Å². The molecular formula is C27H31ClN4. The average Bonchev–Trinajstić information content (AvgIpc) is 2.80. The number of hydrogen-bond acceptors (Lipinski definition) is 4. The van der Waals surface area contributed by atoms with Gasteiger partial charge in [-0.3, -0.25) is 0 Å². The second kappa shape index (κ2) is 11.5. The Morgan fingerprint density at radius 2 is 1.75 bits per heavy atom. The third-order valence-corrected chi connectivity index (χ3v) is 5.59. The Labute approximate surface area is 196 Å². The van der Waals surface area contributed by atoms with Crippen LogP contribution in [0.25, 0.3) is 5.70 Å². The highest BCUT2D eigenvalue weighted by Gasteiger charge is 2.24. The summed E-state index contributed by atoms with van der Waals surface area (Å²) < 4.78 is 0. The summed E-state index contributed by atoms with van der Waals surface area (Å²) in [7, 11) is 0. The van der Waals surface area contributed by atoms with Crippen LogP contribution in [0, 0.1) is 6.92 Å². The van der Waals surface area contributed by atoms with Crippen molar-refractivity contribution in [2.45, 2.75) is 46.2 Å². The summed E-state index contributed by atoms with van der Waals surface area (Å²) in [6.45, 7) is 10.7. The maximum Gasteiger partial charge on any atom is 0.149 e.